The van der Waals surface area contributed by atoms with Crippen LogP contribution in [0.4, 0.5) is 0 Å². The van der Waals surface area contributed by atoms with Crippen molar-refractivity contribution in [1.29, 1.82) is 0 Å². The van der Waals surface area contributed by atoms with Gasteiger partial charge in [-0.2, -0.15) is 0 Å². The van der Waals surface area contributed by atoms with Gasteiger partial charge in [0, 0.05) is 19.3 Å². The van der Waals surface area contributed by atoms with Gasteiger partial charge < -0.3 is 15.1 Å². The Morgan fingerprint density at radius 1 is 1.77 bits per heavy atom. The van der Waals surface area contributed by atoms with Crippen LogP contribution < -0.4 is 0 Å². The highest BCUT2D eigenvalue weighted by Crippen LogP contribution is 2.23. The van der Waals surface area contributed by atoms with E-state index in [9.17, 15) is 4.79 Å². The molecule has 1 heterocycles. The molecule has 2 N–H and O–H groups in total. The standard InChI is InChI=1S/C8H15NO3S/c1-9-3-2-7(8(9)12)13-5-6(11)4-10/h6-7,10-11H,2-5H2,1H3. The molecule has 2 unspecified atom stereocenters. The second kappa shape index (κ2) is 4.83. The van der Waals surface area contributed by atoms with Crippen molar-refractivity contribution < 1.29 is 15.0 Å². The van der Waals surface area contributed by atoms with Crippen molar-refractivity contribution >= 4 is 17.7 Å². The number of carbonyl (C=O) groups excluding carboxylic acids is 1. The third kappa shape index (κ3) is 2.86. The molecule has 1 amide bonds. The first kappa shape index (κ1) is 10.8. The Kier molecular flexibility index (Phi) is 4.02. The number of rotatable bonds is 4. The first-order chi connectivity index (χ1) is 6.15. The number of amides is 1. The first-order valence-electron chi connectivity index (χ1n) is 4.30. The molecule has 0 aromatic carbocycles. The molecular weight excluding hydrogens is 190 g/mol. The Hall–Kier alpha value is -0.260. The molecule has 0 spiro atoms. The molecule has 76 valence electrons. The molecule has 1 saturated heterocycles. The zero-order chi connectivity index (χ0) is 9.84. The number of aliphatic hydroxyl groups is 2. The fraction of sp³-hybridized carbons (Fsp3) is 0.875. The van der Waals surface area contributed by atoms with Crippen LogP contribution in [0.2, 0.25) is 0 Å². The molecule has 2 atom stereocenters. The maximum absolute atomic E-state index is 11.4. The van der Waals surface area contributed by atoms with E-state index in [1.807, 2.05) is 0 Å². The minimum absolute atomic E-state index is 0.0220. The van der Waals surface area contributed by atoms with Gasteiger partial charge in [-0.15, -0.1) is 11.8 Å². The Morgan fingerprint density at radius 3 is 2.92 bits per heavy atom. The number of hydrogen-bond donors (Lipinski definition) is 2. The maximum atomic E-state index is 11.4. The fourth-order valence-electron chi connectivity index (χ4n) is 1.22. The molecule has 1 rings (SSSR count). The molecule has 0 bridgehead atoms. The van der Waals surface area contributed by atoms with Gasteiger partial charge in [0.25, 0.3) is 0 Å². The number of hydrogen-bond acceptors (Lipinski definition) is 4. The van der Waals surface area contributed by atoms with E-state index in [4.69, 9.17) is 10.2 Å². The van der Waals surface area contributed by atoms with Crippen LogP contribution in [0, 0.1) is 0 Å². The predicted molar refractivity (Wildman–Crippen MR) is 51.6 cm³/mol. The van der Waals surface area contributed by atoms with Crippen LogP contribution in [0.15, 0.2) is 0 Å². The van der Waals surface area contributed by atoms with Crippen molar-refractivity contribution in [3.63, 3.8) is 0 Å². The lowest BCUT2D eigenvalue weighted by molar-refractivity contribution is -0.126. The van der Waals surface area contributed by atoms with Gasteiger partial charge in [0.1, 0.15) is 0 Å². The molecule has 0 radical (unpaired) electrons. The number of likely N-dealkylation sites (tertiary alicyclic amines) is 1. The van der Waals surface area contributed by atoms with Crippen molar-refractivity contribution in [2.24, 2.45) is 0 Å². The van der Waals surface area contributed by atoms with Gasteiger partial charge in [0.15, 0.2) is 0 Å². The molecule has 0 aromatic heterocycles. The minimum Gasteiger partial charge on any atom is -0.394 e. The minimum atomic E-state index is -0.705. The molecule has 13 heavy (non-hydrogen) atoms. The van der Waals surface area contributed by atoms with Crippen LogP contribution in [0.5, 0.6) is 0 Å². The zero-order valence-corrected chi connectivity index (χ0v) is 8.46. The fourth-order valence-corrected chi connectivity index (χ4v) is 2.38. The summed E-state index contributed by atoms with van der Waals surface area (Å²) in [5, 5.41) is 17.6. The molecule has 4 nitrogen and oxygen atoms in total. The maximum Gasteiger partial charge on any atom is 0.235 e. The van der Waals surface area contributed by atoms with Crippen molar-refractivity contribution in [1.82, 2.24) is 4.90 Å². The summed E-state index contributed by atoms with van der Waals surface area (Å²) in [7, 11) is 1.78. The third-order valence-corrected chi connectivity index (χ3v) is 3.50. The second-order valence-corrected chi connectivity index (χ2v) is 4.44. The van der Waals surface area contributed by atoms with Gasteiger partial charge >= 0.3 is 0 Å². The molecular formula is C8H15NO3S. The van der Waals surface area contributed by atoms with Crippen LogP contribution in [0.25, 0.3) is 0 Å². The number of thioether (sulfide) groups is 1. The Balaban J connectivity index is 2.26. The molecule has 1 aliphatic rings. The van der Waals surface area contributed by atoms with Crippen LogP contribution in [0.1, 0.15) is 6.42 Å². The summed E-state index contributed by atoms with van der Waals surface area (Å²) in [6.45, 7) is 0.565. The largest absolute Gasteiger partial charge is 0.394 e. The van der Waals surface area contributed by atoms with Gasteiger partial charge in [-0.05, 0) is 6.42 Å². The smallest absolute Gasteiger partial charge is 0.235 e. The molecule has 1 fully saturated rings. The molecule has 0 aliphatic carbocycles. The monoisotopic (exact) mass is 205 g/mol. The summed E-state index contributed by atoms with van der Waals surface area (Å²) in [5.74, 6) is 0.566. The van der Waals surface area contributed by atoms with Gasteiger partial charge in [0.2, 0.25) is 5.91 Å². The molecule has 0 saturated carbocycles. The Morgan fingerprint density at radius 2 is 2.46 bits per heavy atom. The summed E-state index contributed by atoms with van der Waals surface area (Å²) >= 11 is 1.43. The average molecular weight is 205 g/mol. The van der Waals surface area contributed by atoms with Gasteiger partial charge in [0.05, 0.1) is 18.0 Å². The van der Waals surface area contributed by atoms with Crippen molar-refractivity contribution in [3.05, 3.63) is 0 Å². The molecule has 1 aliphatic heterocycles. The van der Waals surface area contributed by atoms with Crippen molar-refractivity contribution in [2.45, 2.75) is 17.8 Å². The summed E-state index contributed by atoms with van der Waals surface area (Å²) in [6.07, 6.45) is 0.140. The zero-order valence-electron chi connectivity index (χ0n) is 7.64. The van der Waals surface area contributed by atoms with E-state index >= 15 is 0 Å². The predicted octanol–water partition coefficient (Wildman–Crippen LogP) is -0.696. The van der Waals surface area contributed by atoms with E-state index in [0.717, 1.165) is 13.0 Å². The van der Waals surface area contributed by atoms with E-state index in [0.29, 0.717) is 5.75 Å². The number of aliphatic hydroxyl groups excluding tert-OH is 2. The topological polar surface area (TPSA) is 60.8 Å². The normalized spacial score (nSPS) is 25.3. The van der Waals surface area contributed by atoms with Crippen molar-refractivity contribution in [3.8, 4) is 0 Å². The van der Waals surface area contributed by atoms with E-state index < -0.39 is 6.10 Å². The number of carbonyl (C=O) groups is 1. The second-order valence-electron chi connectivity index (χ2n) is 3.21. The Bertz CT molecular complexity index is 188. The lowest BCUT2D eigenvalue weighted by Gasteiger charge is -2.11. The van der Waals surface area contributed by atoms with Gasteiger partial charge in [-0.3, -0.25) is 4.79 Å². The van der Waals surface area contributed by atoms with Gasteiger partial charge in [-0.25, -0.2) is 0 Å². The lowest BCUT2D eigenvalue weighted by atomic mass is 10.4. The van der Waals surface area contributed by atoms with Crippen molar-refractivity contribution in [2.75, 3.05) is 26.0 Å². The quantitative estimate of drug-likeness (QED) is 0.637. The van der Waals surface area contributed by atoms with Crippen LogP contribution in [-0.4, -0.2) is 58.3 Å². The summed E-state index contributed by atoms with van der Waals surface area (Å²) < 4.78 is 0. The molecule has 0 aromatic rings. The highest BCUT2D eigenvalue weighted by Gasteiger charge is 2.29. The van der Waals surface area contributed by atoms with E-state index in [1.165, 1.54) is 11.8 Å². The van der Waals surface area contributed by atoms with E-state index in [1.54, 1.807) is 11.9 Å². The summed E-state index contributed by atoms with van der Waals surface area (Å²) in [4.78, 5) is 13.1. The molecule has 5 heteroatoms. The van der Waals surface area contributed by atoms with Crippen LogP contribution in [0.3, 0.4) is 0 Å². The highest BCUT2D eigenvalue weighted by molar-refractivity contribution is 8.00. The SMILES string of the molecule is CN1CCC(SCC(O)CO)C1=O. The summed E-state index contributed by atoms with van der Waals surface area (Å²) in [6, 6.07) is 0. The van der Waals surface area contributed by atoms with Crippen LogP contribution >= 0.6 is 11.8 Å². The highest BCUT2D eigenvalue weighted by atomic mass is 32.2. The third-order valence-electron chi connectivity index (χ3n) is 2.08. The Labute approximate surface area is 81.9 Å². The van der Waals surface area contributed by atoms with E-state index in [2.05, 4.69) is 0 Å². The van der Waals surface area contributed by atoms with Crippen LogP contribution in [-0.2, 0) is 4.79 Å². The van der Waals surface area contributed by atoms with Gasteiger partial charge in [-0.1, -0.05) is 0 Å². The first-order valence-corrected chi connectivity index (χ1v) is 5.35. The van der Waals surface area contributed by atoms with E-state index in [-0.39, 0.29) is 17.8 Å². The number of nitrogens with zero attached hydrogens (tertiary/aromatic N) is 1. The summed E-state index contributed by atoms with van der Waals surface area (Å²) in [5.41, 5.74) is 0. The average Bonchev–Trinajstić information content (AvgIpc) is 2.44. The lowest BCUT2D eigenvalue weighted by Crippen LogP contribution is -2.25.